The molecule has 0 fully saturated rings. The Morgan fingerprint density at radius 1 is 1.42 bits per heavy atom. The van der Waals surface area contributed by atoms with Crippen LogP contribution in [0.2, 0.25) is 0 Å². The number of nitro groups is 1. The minimum atomic E-state index is -0.350. The normalized spacial score (nSPS) is 12.1. The maximum absolute atomic E-state index is 10.8. The van der Waals surface area contributed by atoms with Crippen LogP contribution in [0.5, 0.6) is 0 Å². The summed E-state index contributed by atoms with van der Waals surface area (Å²) in [6.07, 6.45) is 1.96. The summed E-state index contributed by atoms with van der Waals surface area (Å²) in [5.41, 5.74) is 2.17. The molecule has 100 valence electrons. The summed E-state index contributed by atoms with van der Waals surface area (Å²) < 4.78 is 0. The molecule has 4 nitrogen and oxygen atoms in total. The summed E-state index contributed by atoms with van der Waals surface area (Å²) in [6.45, 7) is 2.11. The van der Waals surface area contributed by atoms with Crippen molar-refractivity contribution in [2.45, 2.75) is 25.8 Å². The van der Waals surface area contributed by atoms with Gasteiger partial charge in [-0.05, 0) is 23.4 Å². The summed E-state index contributed by atoms with van der Waals surface area (Å²) in [4.78, 5) is 10.5. The van der Waals surface area contributed by atoms with Crippen molar-refractivity contribution >= 4 is 22.7 Å². The van der Waals surface area contributed by atoms with Gasteiger partial charge in [-0.3, -0.25) is 10.1 Å². The van der Waals surface area contributed by atoms with Gasteiger partial charge < -0.3 is 5.32 Å². The smallest absolute Gasteiger partial charge is 0.269 e. The molecular formula is C14H16N2O2S. The monoisotopic (exact) mass is 276 g/mol. The van der Waals surface area contributed by atoms with Gasteiger partial charge in [-0.2, -0.15) is 11.3 Å². The van der Waals surface area contributed by atoms with Crippen molar-refractivity contribution in [3.05, 3.63) is 56.8 Å². The van der Waals surface area contributed by atoms with Gasteiger partial charge in [0.05, 0.1) is 11.0 Å². The van der Waals surface area contributed by atoms with E-state index < -0.39 is 0 Å². The van der Waals surface area contributed by atoms with Gasteiger partial charge >= 0.3 is 0 Å². The van der Waals surface area contributed by atoms with Crippen molar-refractivity contribution < 1.29 is 4.92 Å². The Hall–Kier alpha value is -1.88. The Labute approximate surface area is 116 Å². The highest BCUT2D eigenvalue weighted by atomic mass is 32.1. The molecule has 0 spiro atoms. The van der Waals surface area contributed by atoms with E-state index in [2.05, 4.69) is 12.2 Å². The van der Waals surface area contributed by atoms with Crippen LogP contribution in [-0.2, 0) is 0 Å². The van der Waals surface area contributed by atoms with E-state index in [1.165, 1.54) is 6.07 Å². The number of benzene rings is 1. The largest absolute Gasteiger partial charge is 0.378 e. The Morgan fingerprint density at radius 2 is 2.26 bits per heavy atom. The first-order chi connectivity index (χ1) is 9.20. The summed E-state index contributed by atoms with van der Waals surface area (Å²) in [5.74, 6) is 0. The van der Waals surface area contributed by atoms with Gasteiger partial charge in [0.15, 0.2) is 0 Å². The first-order valence-electron chi connectivity index (χ1n) is 6.23. The molecule has 0 amide bonds. The average Bonchev–Trinajstić information content (AvgIpc) is 2.91. The zero-order chi connectivity index (χ0) is 13.7. The Balaban J connectivity index is 2.22. The van der Waals surface area contributed by atoms with Gasteiger partial charge in [-0.15, -0.1) is 0 Å². The third kappa shape index (κ3) is 3.54. The van der Waals surface area contributed by atoms with Crippen molar-refractivity contribution in [3.63, 3.8) is 0 Å². The molecule has 1 atom stereocenters. The fourth-order valence-electron chi connectivity index (χ4n) is 2.01. The molecule has 2 aromatic rings. The molecule has 19 heavy (non-hydrogen) atoms. The molecule has 1 aromatic carbocycles. The second kappa shape index (κ2) is 6.33. The molecular weight excluding hydrogens is 260 g/mol. The molecule has 0 aliphatic rings. The van der Waals surface area contributed by atoms with Crippen molar-refractivity contribution in [1.29, 1.82) is 0 Å². The summed E-state index contributed by atoms with van der Waals surface area (Å²) in [6, 6.07) is 8.99. The summed E-state index contributed by atoms with van der Waals surface area (Å²) in [5, 5.41) is 18.3. The first kappa shape index (κ1) is 13.5. The number of anilines is 1. The number of non-ortho nitro benzene ring substituents is 1. The second-order valence-electron chi connectivity index (χ2n) is 4.35. The summed E-state index contributed by atoms with van der Waals surface area (Å²) in [7, 11) is 0. The van der Waals surface area contributed by atoms with Crippen LogP contribution >= 0.6 is 11.3 Å². The van der Waals surface area contributed by atoms with E-state index in [1.807, 2.05) is 22.9 Å². The Morgan fingerprint density at radius 3 is 2.89 bits per heavy atom. The molecule has 0 radical (unpaired) electrons. The molecule has 1 aromatic heterocycles. The third-order valence-electron chi connectivity index (χ3n) is 2.92. The van der Waals surface area contributed by atoms with Crippen LogP contribution in [0.25, 0.3) is 0 Å². The number of hydrogen-bond donors (Lipinski definition) is 1. The maximum Gasteiger partial charge on any atom is 0.269 e. The number of hydrogen-bond acceptors (Lipinski definition) is 4. The fraction of sp³-hybridized carbons (Fsp3) is 0.286. The molecule has 0 saturated heterocycles. The highest BCUT2D eigenvalue weighted by Gasteiger charge is 2.14. The van der Waals surface area contributed by atoms with Crippen LogP contribution in [-0.4, -0.2) is 4.92 Å². The molecule has 1 heterocycles. The quantitative estimate of drug-likeness (QED) is 0.619. The van der Waals surface area contributed by atoms with Crippen molar-refractivity contribution in [1.82, 2.24) is 0 Å². The molecule has 2 rings (SSSR count). The average molecular weight is 276 g/mol. The van der Waals surface area contributed by atoms with E-state index in [4.69, 9.17) is 0 Å². The van der Waals surface area contributed by atoms with Crippen molar-refractivity contribution in [3.8, 4) is 0 Å². The van der Waals surface area contributed by atoms with Gasteiger partial charge in [0.2, 0.25) is 0 Å². The maximum atomic E-state index is 10.8. The summed E-state index contributed by atoms with van der Waals surface area (Å²) >= 11 is 1.63. The van der Waals surface area contributed by atoms with Gasteiger partial charge in [0.1, 0.15) is 0 Å². The number of nitro benzene ring substituents is 1. The number of rotatable bonds is 6. The van der Waals surface area contributed by atoms with Crippen molar-refractivity contribution in [2.24, 2.45) is 0 Å². The Kier molecular flexibility index (Phi) is 4.52. The van der Waals surface area contributed by atoms with E-state index in [1.54, 1.807) is 23.5 Å². The van der Waals surface area contributed by atoms with Gasteiger partial charge in [0.25, 0.3) is 5.69 Å². The molecule has 1 N–H and O–H groups in total. The van der Waals surface area contributed by atoms with Crippen LogP contribution in [0.3, 0.4) is 0 Å². The van der Waals surface area contributed by atoms with Gasteiger partial charge in [-0.1, -0.05) is 25.5 Å². The first-order valence-corrected chi connectivity index (χ1v) is 7.18. The van der Waals surface area contributed by atoms with Crippen LogP contribution in [0, 0.1) is 10.1 Å². The zero-order valence-electron chi connectivity index (χ0n) is 10.7. The molecule has 0 bridgehead atoms. The lowest BCUT2D eigenvalue weighted by Gasteiger charge is -2.18. The highest BCUT2D eigenvalue weighted by molar-refractivity contribution is 7.08. The van der Waals surface area contributed by atoms with Crippen LogP contribution in [0.1, 0.15) is 31.4 Å². The molecule has 0 aliphatic carbocycles. The van der Waals surface area contributed by atoms with Gasteiger partial charge in [-0.25, -0.2) is 0 Å². The van der Waals surface area contributed by atoms with Crippen LogP contribution in [0.15, 0.2) is 41.1 Å². The zero-order valence-corrected chi connectivity index (χ0v) is 11.5. The molecule has 1 unspecified atom stereocenters. The molecule has 5 heteroatoms. The van der Waals surface area contributed by atoms with Crippen LogP contribution < -0.4 is 5.32 Å². The second-order valence-corrected chi connectivity index (χ2v) is 5.13. The number of nitrogens with zero attached hydrogens (tertiary/aromatic N) is 1. The van der Waals surface area contributed by atoms with E-state index in [0.717, 1.165) is 24.1 Å². The topological polar surface area (TPSA) is 55.2 Å². The predicted molar refractivity (Wildman–Crippen MR) is 78.7 cm³/mol. The lowest BCUT2D eigenvalue weighted by molar-refractivity contribution is -0.384. The predicted octanol–water partition coefficient (Wildman–Crippen LogP) is 4.61. The van der Waals surface area contributed by atoms with E-state index >= 15 is 0 Å². The van der Waals surface area contributed by atoms with E-state index in [9.17, 15) is 10.1 Å². The standard InChI is InChI=1S/C14H16N2O2S/c1-2-4-14(15-12-7-8-19-10-12)11-5-3-6-13(9-11)16(17)18/h3,5-10,14-15H,2,4H2,1H3. The number of thiophene rings is 1. The van der Waals surface area contributed by atoms with Gasteiger partial charge in [0, 0.05) is 23.2 Å². The lowest BCUT2D eigenvalue weighted by atomic mass is 10.0. The van der Waals surface area contributed by atoms with E-state index in [-0.39, 0.29) is 16.7 Å². The fourth-order valence-corrected chi connectivity index (χ4v) is 2.61. The third-order valence-corrected chi connectivity index (χ3v) is 3.61. The highest BCUT2D eigenvalue weighted by Crippen LogP contribution is 2.27. The number of nitrogens with one attached hydrogen (secondary N) is 1. The van der Waals surface area contributed by atoms with Crippen LogP contribution in [0.4, 0.5) is 11.4 Å². The SMILES string of the molecule is CCCC(Nc1ccsc1)c1cccc([N+](=O)[O-])c1. The van der Waals surface area contributed by atoms with E-state index in [0.29, 0.717) is 0 Å². The Bertz CT molecular complexity index is 540. The lowest BCUT2D eigenvalue weighted by Crippen LogP contribution is -2.10. The molecule has 0 aliphatic heterocycles. The molecule has 0 saturated carbocycles. The minimum Gasteiger partial charge on any atom is -0.378 e. The van der Waals surface area contributed by atoms with Crippen molar-refractivity contribution in [2.75, 3.05) is 5.32 Å². The minimum absolute atomic E-state index is 0.111.